The number of hydrogen-bond acceptors (Lipinski definition) is 4. The Balaban J connectivity index is -0.000000457. The number of carbonyl (C=O) groups is 2. The number of allylic oxidation sites excluding steroid dienone is 9. The zero-order valence-electron chi connectivity index (χ0n) is 19.5. The van der Waals surface area contributed by atoms with Gasteiger partial charge in [0, 0.05) is 30.6 Å². The molecule has 0 bridgehead atoms. The molecule has 0 amide bonds. The van der Waals surface area contributed by atoms with Crippen molar-refractivity contribution < 1.29 is 37.0 Å². The summed E-state index contributed by atoms with van der Waals surface area (Å²) in [6.45, 7) is 12.4. The summed E-state index contributed by atoms with van der Waals surface area (Å²) in [4.78, 5) is 20.7. The van der Waals surface area contributed by atoms with Crippen molar-refractivity contribution in [3.63, 3.8) is 0 Å². The first-order valence-electron chi connectivity index (χ1n) is 9.90. The molecule has 0 heterocycles. The van der Waals surface area contributed by atoms with E-state index in [9.17, 15) is 27.2 Å². The van der Waals surface area contributed by atoms with Gasteiger partial charge in [0.15, 0.2) is 0 Å². The zero-order valence-corrected chi connectivity index (χ0v) is 20.3. The molecule has 0 aliphatic rings. The van der Waals surface area contributed by atoms with E-state index in [-0.39, 0.29) is 26.1 Å². The fourth-order valence-corrected chi connectivity index (χ4v) is 1.35. The van der Waals surface area contributed by atoms with Crippen LogP contribution in [0.2, 0.25) is 0 Å². The molecule has 0 saturated carbocycles. The average molecular weight is 497 g/mol. The highest BCUT2D eigenvalue weighted by atomic mass is 35.5. The van der Waals surface area contributed by atoms with E-state index in [1.165, 1.54) is 20.8 Å². The van der Waals surface area contributed by atoms with Gasteiger partial charge in [-0.2, -0.15) is 0 Å². The summed E-state index contributed by atoms with van der Waals surface area (Å²) in [6, 6.07) is 0. The molecule has 0 spiro atoms. The second-order valence-electron chi connectivity index (χ2n) is 6.63. The van der Waals surface area contributed by atoms with Gasteiger partial charge in [-0.05, 0) is 76.4 Å². The Morgan fingerprint density at radius 1 is 0.818 bits per heavy atom. The molecule has 0 radical (unpaired) electrons. The first-order chi connectivity index (χ1) is 15.2. The number of aliphatic hydroxyl groups excluding tert-OH is 1. The summed E-state index contributed by atoms with van der Waals surface area (Å²) in [5.41, 5.74) is 0.698. The van der Waals surface area contributed by atoms with Gasteiger partial charge in [-0.15, -0.1) is 0 Å². The highest BCUT2D eigenvalue weighted by Crippen LogP contribution is 2.09. The molecule has 0 unspecified atom stereocenters. The van der Waals surface area contributed by atoms with Crippen molar-refractivity contribution in [2.75, 3.05) is 13.2 Å². The molecule has 4 nitrogen and oxygen atoms in total. The van der Waals surface area contributed by atoms with Gasteiger partial charge in [-0.25, -0.2) is 22.4 Å². The predicted octanol–water partition coefficient (Wildman–Crippen LogP) is 7.43. The first kappa shape index (κ1) is 35.1. The first-order valence-corrected chi connectivity index (χ1v) is 10.3. The van der Waals surface area contributed by atoms with E-state index in [0.29, 0.717) is 24.0 Å². The molecule has 33 heavy (non-hydrogen) atoms. The fourth-order valence-electron chi connectivity index (χ4n) is 1.35. The van der Waals surface area contributed by atoms with Crippen molar-refractivity contribution >= 4 is 22.8 Å². The van der Waals surface area contributed by atoms with Gasteiger partial charge in [0.2, 0.25) is 5.24 Å². The number of rotatable bonds is 11. The van der Waals surface area contributed by atoms with Crippen LogP contribution in [0.5, 0.6) is 0 Å². The molecule has 0 saturated heterocycles. The Hall–Kier alpha value is -2.45. The van der Waals surface area contributed by atoms with Crippen LogP contribution in [0.3, 0.4) is 0 Å². The Labute approximate surface area is 198 Å². The van der Waals surface area contributed by atoms with Gasteiger partial charge in [0.25, 0.3) is 0 Å². The molecule has 0 rings (SSSR count). The van der Waals surface area contributed by atoms with Crippen LogP contribution in [0.4, 0.5) is 17.6 Å². The molecular weight excluding hydrogens is 464 g/mol. The molecule has 0 aromatic carbocycles. The molecule has 9 heteroatoms. The predicted molar refractivity (Wildman–Crippen MR) is 125 cm³/mol. The summed E-state index contributed by atoms with van der Waals surface area (Å²) < 4.78 is 54.4. The summed E-state index contributed by atoms with van der Waals surface area (Å²) in [5.74, 6) is -2.21. The molecule has 0 atom stereocenters. The fraction of sp³-hybridized carbons (Fsp3) is 0.417. The maximum Gasteiger partial charge on any atom is 0.333 e. The van der Waals surface area contributed by atoms with E-state index in [0.717, 1.165) is 24.3 Å². The molecule has 0 aliphatic carbocycles. The summed E-state index contributed by atoms with van der Waals surface area (Å²) in [6.07, 6.45) is 5.28. The van der Waals surface area contributed by atoms with Crippen molar-refractivity contribution in [1.29, 1.82) is 0 Å². The van der Waals surface area contributed by atoms with Crippen LogP contribution in [0.1, 0.15) is 53.4 Å². The lowest BCUT2D eigenvalue weighted by molar-refractivity contribution is -0.139. The lowest BCUT2D eigenvalue weighted by Gasteiger charge is -2.02. The SMILES string of the molecule is C/C(F)=C/C=C(\F)CCCO.C=C(C)C(=O)Cl.C=C(C)C(=O)OCCC/C(F)=C/C=C(/C)F. The van der Waals surface area contributed by atoms with Gasteiger partial charge in [0.1, 0.15) is 11.7 Å². The van der Waals surface area contributed by atoms with Gasteiger partial charge in [0.05, 0.1) is 18.3 Å². The topological polar surface area (TPSA) is 63.6 Å². The van der Waals surface area contributed by atoms with E-state index < -0.39 is 34.5 Å². The second kappa shape index (κ2) is 22.7. The largest absolute Gasteiger partial charge is 0.462 e. The average Bonchev–Trinajstić information content (AvgIpc) is 2.72. The van der Waals surface area contributed by atoms with Crippen LogP contribution in [0, 0.1) is 0 Å². The highest BCUT2D eigenvalue weighted by Gasteiger charge is 2.02. The normalized spacial score (nSPS) is 12.1. The van der Waals surface area contributed by atoms with Crippen LogP contribution in [0.15, 0.2) is 71.9 Å². The zero-order chi connectivity index (χ0) is 26.4. The maximum atomic E-state index is 12.9. The Morgan fingerprint density at radius 2 is 1.21 bits per heavy atom. The van der Waals surface area contributed by atoms with Crippen LogP contribution in [-0.2, 0) is 14.3 Å². The van der Waals surface area contributed by atoms with Crippen LogP contribution >= 0.6 is 11.6 Å². The van der Waals surface area contributed by atoms with Gasteiger partial charge in [-0.3, -0.25) is 4.79 Å². The van der Waals surface area contributed by atoms with Crippen LogP contribution < -0.4 is 0 Å². The summed E-state index contributed by atoms with van der Waals surface area (Å²) in [5, 5.41) is 7.85. The summed E-state index contributed by atoms with van der Waals surface area (Å²) >= 11 is 4.87. The Kier molecular flexibility index (Phi) is 24.2. The third-order valence-electron chi connectivity index (χ3n) is 3.04. The van der Waals surface area contributed by atoms with E-state index in [4.69, 9.17) is 21.4 Å². The highest BCUT2D eigenvalue weighted by molar-refractivity contribution is 6.67. The maximum absolute atomic E-state index is 12.9. The van der Waals surface area contributed by atoms with Crippen molar-refractivity contribution in [2.45, 2.75) is 53.4 Å². The molecule has 188 valence electrons. The van der Waals surface area contributed by atoms with Crippen LogP contribution in [-0.4, -0.2) is 29.5 Å². The van der Waals surface area contributed by atoms with Crippen molar-refractivity contribution in [2.24, 2.45) is 0 Å². The Morgan fingerprint density at radius 3 is 1.52 bits per heavy atom. The molecule has 0 aromatic rings. The molecule has 0 aliphatic heterocycles. The lowest BCUT2D eigenvalue weighted by Crippen LogP contribution is -2.06. The number of ether oxygens (including phenoxy) is 1. The lowest BCUT2D eigenvalue weighted by atomic mass is 10.2. The molecule has 0 fully saturated rings. The number of esters is 1. The minimum absolute atomic E-state index is 0.0421. The molecular formula is C24H33ClF4O4. The van der Waals surface area contributed by atoms with Gasteiger partial charge >= 0.3 is 5.97 Å². The number of carbonyl (C=O) groups excluding carboxylic acids is 2. The summed E-state index contributed by atoms with van der Waals surface area (Å²) in [7, 11) is 0. The standard InChI is InChI=1S/C12H16F2O2.C8H12F2O.C4H5ClO/c1-9(2)12(15)16-8-4-5-11(14)7-6-10(3)13;1-7(9)4-5-8(10)3-2-6-11;1-3(2)4(5)6/h6-7H,1,4-5,8H2,2-3H3;4-5,11H,2-3,6H2,1H3;1H2,2H3/b10-6-,11-7-;7-4-,8-5-;. The van der Waals surface area contributed by atoms with Crippen molar-refractivity contribution in [3.8, 4) is 0 Å². The molecule has 0 aromatic heterocycles. The molecule has 1 N–H and O–H groups in total. The third-order valence-corrected chi connectivity index (χ3v) is 3.36. The number of aliphatic hydroxyl groups is 1. The minimum Gasteiger partial charge on any atom is -0.462 e. The van der Waals surface area contributed by atoms with Crippen LogP contribution in [0.25, 0.3) is 0 Å². The van der Waals surface area contributed by atoms with Gasteiger partial charge in [-0.1, -0.05) is 13.2 Å². The smallest absolute Gasteiger partial charge is 0.333 e. The van der Waals surface area contributed by atoms with E-state index >= 15 is 0 Å². The monoisotopic (exact) mass is 496 g/mol. The number of hydrogen-bond donors (Lipinski definition) is 1. The van der Waals surface area contributed by atoms with Gasteiger partial charge < -0.3 is 9.84 Å². The van der Waals surface area contributed by atoms with Crippen molar-refractivity contribution in [3.05, 3.63) is 71.9 Å². The van der Waals surface area contributed by atoms with E-state index in [2.05, 4.69) is 13.2 Å². The quantitative estimate of drug-likeness (QED) is 0.0806. The van der Waals surface area contributed by atoms with E-state index in [1.807, 2.05) is 0 Å². The number of halogens is 5. The second-order valence-corrected chi connectivity index (χ2v) is 6.98. The van der Waals surface area contributed by atoms with Crippen molar-refractivity contribution in [1.82, 2.24) is 0 Å². The Bertz CT molecular complexity index is 734. The van der Waals surface area contributed by atoms with E-state index in [1.54, 1.807) is 6.92 Å². The minimum atomic E-state index is -0.483. The third kappa shape index (κ3) is 31.8.